The van der Waals surface area contributed by atoms with E-state index >= 15 is 4.39 Å². The molecular formula is C32H34ClF2N7O5. The van der Waals surface area contributed by atoms with E-state index in [9.17, 15) is 9.18 Å². The number of aryl methyl sites for hydroxylation is 1. The Balaban J connectivity index is 1.31. The summed E-state index contributed by atoms with van der Waals surface area (Å²) in [5, 5.41) is 5.88. The number of rotatable bonds is 3. The molecule has 0 unspecified atom stereocenters. The lowest BCUT2D eigenvalue weighted by atomic mass is 9.95. The van der Waals surface area contributed by atoms with Crippen molar-refractivity contribution in [3.05, 3.63) is 34.9 Å². The van der Waals surface area contributed by atoms with Crippen molar-refractivity contribution < 1.29 is 32.5 Å². The topological polar surface area (TPSA) is 117 Å². The number of pyridine rings is 1. The third-order valence-electron chi connectivity index (χ3n) is 9.77. The van der Waals surface area contributed by atoms with Crippen LogP contribution in [-0.2, 0) is 27.7 Å². The summed E-state index contributed by atoms with van der Waals surface area (Å²) in [6.45, 7) is 2.46. The number of alkyl halides is 1. The van der Waals surface area contributed by atoms with Crippen LogP contribution in [0.5, 0.6) is 6.01 Å². The first kappa shape index (κ1) is 30.5. The number of anilines is 1. The molecule has 0 aliphatic carbocycles. The van der Waals surface area contributed by atoms with E-state index < -0.39 is 29.8 Å². The number of fused-ring (bicyclic) bond motifs is 8. The van der Waals surface area contributed by atoms with E-state index in [1.807, 2.05) is 4.90 Å². The van der Waals surface area contributed by atoms with Crippen molar-refractivity contribution in [2.45, 2.75) is 49.9 Å². The van der Waals surface area contributed by atoms with E-state index in [4.69, 9.17) is 35.5 Å². The molecule has 5 aliphatic rings. The lowest BCUT2D eigenvalue weighted by Crippen LogP contribution is -2.43. The second kappa shape index (κ2) is 12.0. The molecule has 4 aromatic rings. The Morgan fingerprint density at radius 3 is 2.96 bits per heavy atom. The number of ether oxygens (including phenoxy) is 4. The zero-order valence-electron chi connectivity index (χ0n) is 25.9. The second-order valence-corrected chi connectivity index (χ2v) is 13.2. The predicted octanol–water partition coefficient (Wildman–Crippen LogP) is 4.63. The number of hydrogen-bond acceptors (Lipinski definition) is 11. The number of nitrogens with zero attached hydrogens (tertiary/aromatic N) is 7. The molecule has 15 heteroatoms. The normalized spacial score (nSPS) is 25.2. The molecule has 0 amide bonds. The SMILES string of the molecule is Cn1ncc2cc(Cl)c3c(c21)-c1ncc2c(nc(OC[C@@]45CCCN4C[C@H](F)C5)nc2c1F)N1CCOC[C@H](C1)OC(=O)OCCC3. The van der Waals surface area contributed by atoms with Gasteiger partial charge in [-0.15, -0.1) is 0 Å². The third kappa shape index (κ3) is 5.39. The summed E-state index contributed by atoms with van der Waals surface area (Å²) in [4.78, 5) is 30.7. The van der Waals surface area contributed by atoms with Crippen LogP contribution < -0.4 is 9.64 Å². The van der Waals surface area contributed by atoms with Crippen molar-refractivity contribution in [1.29, 1.82) is 0 Å². The third-order valence-corrected chi connectivity index (χ3v) is 10.1. The average molecular weight is 670 g/mol. The fourth-order valence-electron chi connectivity index (χ4n) is 7.62. The minimum atomic E-state index is -0.929. The van der Waals surface area contributed by atoms with E-state index in [2.05, 4.69) is 20.0 Å². The van der Waals surface area contributed by atoms with Gasteiger partial charge in [-0.1, -0.05) is 11.6 Å². The summed E-state index contributed by atoms with van der Waals surface area (Å²) in [7, 11) is 1.77. The highest BCUT2D eigenvalue weighted by molar-refractivity contribution is 6.33. The van der Waals surface area contributed by atoms with Gasteiger partial charge >= 0.3 is 12.2 Å². The summed E-state index contributed by atoms with van der Waals surface area (Å²) >= 11 is 6.81. The molecule has 8 heterocycles. The second-order valence-electron chi connectivity index (χ2n) is 12.8. The molecule has 0 spiro atoms. The van der Waals surface area contributed by atoms with Gasteiger partial charge in [0.05, 0.1) is 49.0 Å². The maximum atomic E-state index is 17.1. The summed E-state index contributed by atoms with van der Waals surface area (Å²) in [6, 6.07) is 1.75. The largest absolute Gasteiger partial charge is 0.508 e. The first-order chi connectivity index (χ1) is 22.8. The van der Waals surface area contributed by atoms with E-state index in [0.29, 0.717) is 71.8 Å². The van der Waals surface area contributed by atoms with Gasteiger partial charge in [-0.3, -0.25) is 14.6 Å². The molecule has 5 aliphatic heterocycles. The molecule has 0 N–H and O–H groups in total. The van der Waals surface area contributed by atoms with Gasteiger partial charge in [0.15, 0.2) is 5.82 Å². The zero-order valence-corrected chi connectivity index (χ0v) is 26.6. The number of benzene rings is 1. The number of carbonyl (C=O) groups excluding carboxylic acids is 1. The highest BCUT2D eigenvalue weighted by atomic mass is 35.5. The molecule has 3 atom stereocenters. The quantitative estimate of drug-likeness (QED) is 0.284. The predicted molar refractivity (Wildman–Crippen MR) is 168 cm³/mol. The molecule has 3 saturated heterocycles. The van der Waals surface area contributed by atoms with Crippen molar-refractivity contribution in [3.63, 3.8) is 0 Å². The molecule has 47 heavy (non-hydrogen) atoms. The first-order valence-electron chi connectivity index (χ1n) is 16.0. The summed E-state index contributed by atoms with van der Waals surface area (Å²) in [5.41, 5.74) is 1.38. The fourth-order valence-corrected chi connectivity index (χ4v) is 7.93. The minimum absolute atomic E-state index is 0.0148. The van der Waals surface area contributed by atoms with Crippen LogP contribution >= 0.6 is 11.6 Å². The average Bonchev–Trinajstić information content (AvgIpc) is 3.63. The molecule has 248 valence electrons. The van der Waals surface area contributed by atoms with Gasteiger partial charge in [0.1, 0.15) is 35.9 Å². The molecule has 3 aromatic heterocycles. The van der Waals surface area contributed by atoms with E-state index in [1.165, 1.54) is 0 Å². The Morgan fingerprint density at radius 1 is 1.17 bits per heavy atom. The summed E-state index contributed by atoms with van der Waals surface area (Å²) in [5.74, 6) is -0.306. The molecule has 6 bridgehead atoms. The van der Waals surface area contributed by atoms with Gasteiger partial charge in [0.2, 0.25) is 0 Å². The Bertz CT molecular complexity index is 1880. The number of carbonyl (C=O) groups is 1. The van der Waals surface area contributed by atoms with Gasteiger partial charge in [0, 0.05) is 48.7 Å². The van der Waals surface area contributed by atoms with Gasteiger partial charge < -0.3 is 23.8 Å². The van der Waals surface area contributed by atoms with Crippen molar-refractivity contribution >= 4 is 45.4 Å². The Kier molecular flexibility index (Phi) is 7.76. The molecular weight excluding hydrogens is 636 g/mol. The first-order valence-corrected chi connectivity index (χ1v) is 16.4. The highest BCUT2D eigenvalue weighted by Gasteiger charge is 2.49. The van der Waals surface area contributed by atoms with Gasteiger partial charge in [0.25, 0.3) is 0 Å². The molecule has 12 nitrogen and oxygen atoms in total. The molecule has 0 radical (unpaired) electrons. The lowest BCUT2D eigenvalue weighted by Gasteiger charge is -2.31. The van der Waals surface area contributed by atoms with Crippen molar-refractivity contribution in [1.82, 2.24) is 29.6 Å². The maximum absolute atomic E-state index is 17.1. The summed E-state index contributed by atoms with van der Waals surface area (Å²) < 4.78 is 56.3. The van der Waals surface area contributed by atoms with Crippen LogP contribution in [0.25, 0.3) is 33.1 Å². The monoisotopic (exact) mass is 669 g/mol. The van der Waals surface area contributed by atoms with Gasteiger partial charge in [-0.2, -0.15) is 15.1 Å². The Morgan fingerprint density at radius 2 is 2.06 bits per heavy atom. The highest BCUT2D eigenvalue weighted by Crippen LogP contribution is 2.42. The standard InChI is InChI=1S/C32H34ClF2N7O5/c1-40-28-18(12-37-40)10-23(33)21-4-2-8-45-31(43)47-20-15-41(7-9-44-16-20)29-22-13-36-27(24(21)28)25(35)26(22)38-30(39-29)46-17-32-5-3-6-42(32)14-19(34)11-32/h10,12-13,19-20H,2-9,11,14-17H2,1H3/t19-,20+,32+/m1/s1. The molecule has 3 fully saturated rings. The smallest absolute Gasteiger partial charge is 0.461 e. The van der Waals surface area contributed by atoms with Crippen LogP contribution in [-0.4, -0.2) is 106 Å². The Hall–Kier alpha value is -3.88. The zero-order chi connectivity index (χ0) is 32.3. The van der Waals surface area contributed by atoms with Gasteiger partial charge in [-0.25, -0.2) is 13.6 Å². The molecule has 9 rings (SSSR count). The minimum Gasteiger partial charge on any atom is -0.461 e. The van der Waals surface area contributed by atoms with E-state index in [1.54, 1.807) is 30.2 Å². The van der Waals surface area contributed by atoms with Crippen molar-refractivity contribution in [3.8, 4) is 17.3 Å². The van der Waals surface area contributed by atoms with E-state index in [-0.39, 0.29) is 43.6 Å². The Labute approximate surface area is 273 Å². The van der Waals surface area contributed by atoms with Crippen LogP contribution in [0.4, 0.5) is 19.4 Å². The number of halogens is 3. The molecule has 0 saturated carbocycles. The number of hydrogen-bond donors (Lipinski definition) is 0. The van der Waals surface area contributed by atoms with Crippen molar-refractivity contribution in [2.75, 3.05) is 57.5 Å². The van der Waals surface area contributed by atoms with Gasteiger partial charge in [-0.05, 0) is 43.9 Å². The van der Waals surface area contributed by atoms with E-state index in [0.717, 1.165) is 24.8 Å². The maximum Gasteiger partial charge on any atom is 0.508 e. The number of aromatic nitrogens is 5. The fraction of sp³-hybridized carbons (Fsp3) is 0.531. The van der Waals surface area contributed by atoms with Crippen LogP contribution in [0.2, 0.25) is 5.02 Å². The lowest BCUT2D eigenvalue weighted by molar-refractivity contribution is -0.00448. The van der Waals surface area contributed by atoms with Crippen LogP contribution in [0.15, 0.2) is 18.5 Å². The van der Waals surface area contributed by atoms with Crippen molar-refractivity contribution in [2.24, 2.45) is 7.05 Å². The molecule has 1 aromatic carbocycles. The van der Waals surface area contributed by atoms with Crippen LogP contribution in [0.3, 0.4) is 0 Å². The summed E-state index contributed by atoms with van der Waals surface area (Å²) in [6.07, 6.45) is 3.69. The van der Waals surface area contributed by atoms with Crippen LogP contribution in [0, 0.1) is 5.82 Å². The van der Waals surface area contributed by atoms with Crippen LogP contribution in [0.1, 0.15) is 31.2 Å².